The van der Waals surface area contributed by atoms with Crippen LogP contribution in [-0.4, -0.2) is 24.2 Å². The molecule has 2 N–H and O–H groups in total. The van der Waals surface area contributed by atoms with Crippen molar-refractivity contribution < 1.29 is 27.2 Å². The summed E-state index contributed by atoms with van der Waals surface area (Å²) in [5, 5.41) is 11.0. The number of benzene rings is 1. The van der Waals surface area contributed by atoms with Gasteiger partial charge in [-0.05, 0) is 18.6 Å². The maximum atomic E-state index is 13.1. The zero-order valence-electron chi connectivity index (χ0n) is 12.1. The first-order valence-electron chi connectivity index (χ1n) is 6.17. The maximum absolute atomic E-state index is 13.1. The van der Waals surface area contributed by atoms with E-state index < -0.39 is 30.2 Å². The Hall–Kier alpha value is -1.08. The Balaban J connectivity index is 3.40. The van der Waals surface area contributed by atoms with Gasteiger partial charge in [0.15, 0.2) is 0 Å². The lowest BCUT2D eigenvalue weighted by atomic mass is 9.91. The summed E-state index contributed by atoms with van der Waals surface area (Å²) in [6, 6.07) is 3.09. The summed E-state index contributed by atoms with van der Waals surface area (Å²) < 4.78 is 60.1. The van der Waals surface area contributed by atoms with Crippen molar-refractivity contribution in [3.8, 4) is 0 Å². The van der Waals surface area contributed by atoms with Gasteiger partial charge in [-0.25, -0.2) is 0 Å². The predicted octanol–water partition coefficient (Wildman–Crippen LogP) is 2.25. The Bertz CT molecular complexity index is 563. The first kappa shape index (κ1) is 10.8. The van der Waals surface area contributed by atoms with Crippen molar-refractivity contribution in [1.82, 2.24) is 5.32 Å². The third kappa shape index (κ3) is 2.37. The van der Waals surface area contributed by atoms with Crippen molar-refractivity contribution in [1.29, 1.82) is 0 Å². The molecule has 0 aliphatic heterocycles. The lowest BCUT2D eigenvalue weighted by Gasteiger charge is -2.29. The molecule has 1 atom stereocenters. The first-order valence-corrected chi connectivity index (χ1v) is 5.46. The van der Waals surface area contributed by atoms with E-state index in [1.165, 1.54) is 11.4 Å². The van der Waals surface area contributed by atoms with Gasteiger partial charge >= 0.3 is 6.18 Å². The molecule has 1 aromatic rings. The summed E-state index contributed by atoms with van der Waals surface area (Å²) in [6.07, 6.45) is -5.39. The molecule has 0 fully saturated rings. The molecule has 0 aromatic heterocycles. The molecule has 0 aliphatic carbocycles. The third-order valence-electron chi connectivity index (χ3n) is 2.44. The Morgan fingerprint density at radius 1 is 1.50 bits per heavy atom. The number of aryl methyl sites for hydroxylation is 1. The Kier molecular flexibility index (Phi) is 2.94. The number of carbonyl (C=O) groups excluding carboxylic acids is 1. The van der Waals surface area contributed by atoms with Crippen molar-refractivity contribution in [2.45, 2.75) is 18.7 Å². The molecule has 18 heavy (non-hydrogen) atoms. The number of halogens is 4. The van der Waals surface area contributed by atoms with Crippen LogP contribution in [0.15, 0.2) is 22.7 Å². The van der Waals surface area contributed by atoms with Crippen LogP contribution in [0.2, 0.25) is 0 Å². The van der Waals surface area contributed by atoms with Crippen LogP contribution < -0.4 is 5.32 Å². The van der Waals surface area contributed by atoms with Crippen LogP contribution in [-0.2, 0) is 10.4 Å². The number of rotatable bonds is 2. The summed E-state index contributed by atoms with van der Waals surface area (Å²) in [7, 11) is 0. The Labute approximate surface area is 114 Å². The Morgan fingerprint density at radius 2 is 2.11 bits per heavy atom. The summed E-state index contributed by atoms with van der Waals surface area (Å²) in [5.74, 6) is -2.06. The molecule has 0 spiro atoms. The van der Waals surface area contributed by atoms with E-state index in [1.54, 1.807) is 6.92 Å². The van der Waals surface area contributed by atoms with Crippen molar-refractivity contribution in [3.05, 3.63) is 33.8 Å². The van der Waals surface area contributed by atoms with Crippen molar-refractivity contribution in [2.75, 3.05) is 6.98 Å². The lowest BCUT2D eigenvalue weighted by Crippen LogP contribution is -2.53. The maximum Gasteiger partial charge on any atom is 0.430 e. The molecule has 0 bridgehead atoms. The highest BCUT2D eigenvalue weighted by Gasteiger charge is 2.60. The predicted molar refractivity (Wildman–Crippen MR) is 62.9 cm³/mol. The van der Waals surface area contributed by atoms with Crippen LogP contribution in [0.4, 0.5) is 13.2 Å². The van der Waals surface area contributed by atoms with Crippen LogP contribution in [0.5, 0.6) is 0 Å². The number of likely N-dealkylation sites (N-methyl/N-ethyl adjacent to an activating group) is 1. The second-order valence-corrected chi connectivity index (χ2v) is 4.48. The fourth-order valence-corrected chi connectivity index (χ4v) is 1.71. The first-order chi connectivity index (χ1) is 9.29. The average Bonchev–Trinajstić information content (AvgIpc) is 2.27. The SMILES string of the molecule is [2H]C([2H])([2H])NC(=O)C(O)(c1ccc(C)c(Br)c1)C(F)(F)F. The summed E-state index contributed by atoms with van der Waals surface area (Å²) in [5.41, 5.74) is -4.16. The summed E-state index contributed by atoms with van der Waals surface area (Å²) in [6.45, 7) is -1.55. The second kappa shape index (κ2) is 4.89. The van der Waals surface area contributed by atoms with Crippen LogP contribution in [0.3, 0.4) is 0 Å². The van der Waals surface area contributed by atoms with Gasteiger partial charge in [0.05, 0.1) is 0 Å². The van der Waals surface area contributed by atoms with Crippen LogP contribution in [0.25, 0.3) is 0 Å². The summed E-state index contributed by atoms with van der Waals surface area (Å²) in [4.78, 5) is 11.7. The van der Waals surface area contributed by atoms with E-state index >= 15 is 0 Å². The van der Waals surface area contributed by atoms with E-state index in [0.717, 1.165) is 12.1 Å². The number of hydrogen-bond acceptors (Lipinski definition) is 2. The van der Waals surface area contributed by atoms with Gasteiger partial charge in [0, 0.05) is 21.1 Å². The minimum atomic E-state index is -5.39. The number of hydrogen-bond donors (Lipinski definition) is 2. The van der Waals surface area contributed by atoms with Crippen LogP contribution in [0.1, 0.15) is 15.2 Å². The number of aliphatic hydroxyl groups is 1. The van der Waals surface area contributed by atoms with E-state index in [4.69, 9.17) is 4.11 Å². The number of amides is 1. The van der Waals surface area contributed by atoms with Gasteiger partial charge in [-0.2, -0.15) is 13.2 Å². The molecule has 0 saturated heterocycles. The molecule has 0 radical (unpaired) electrons. The van der Waals surface area contributed by atoms with Crippen molar-refractivity contribution in [2.24, 2.45) is 0 Å². The number of carbonyl (C=O) groups is 1. The molecular weight excluding hydrogens is 315 g/mol. The zero-order chi connectivity index (χ0) is 16.6. The molecule has 100 valence electrons. The fraction of sp³-hybridized carbons (Fsp3) is 0.364. The van der Waals surface area contributed by atoms with E-state index in [-0.39, 0.29) is 4.47 Å². The Morgan fingerprint density at radius 3 is 2.56 bits per heavy atom. The molecule has 1 unspecified atom stereocenters. The third-order valence-corrected chi connectivity index (χ3v) is 3.30. The van der Waals surface area contributed by atoms with Crippen molar-refractivity contribution >= 4 is 21.8 Å². The lowest BCUT2D eigenvalue weighted by molar-refractivity contribution is -0.256. The number of nitrogens with one attached hydrogen (secondary N) is 1. The topological polar surface area (TPSA) is 49.3 Å². The monoisotopic (exact) mass is 328 g/mol. The molecular formula is C11H11BrF3NO2. The average molecular weight is 329 g/mol. The highest BCUT2D eigenvalue weighted by Crippen LogP contribution is 2.40. The largest absolute Gasteiger partial charge is 0.430 e. The van der Waals surface area contributed by atoms with Crippen LogP contribution >= 0.6 is 15.9 Å². The van der Waals surface area contributed by atoms with E-state index in [0.29, 0.717) is 5.56 Å². The highest BCUT2D eigenvalue weighted by molar-refractivity contribution is 9.10. The summed E-state index contributed by atoms with van der Waals surface area (Å²) >= 11 is 2.99. The van der Waals surface area contributed by atoms with Gasteiger partial charge in [-0.15, -0.1) is 0 Å². The van der Waals surface area contributed by atoms with Gasteiger partial charge in [0.1, 0.15) is 0 Å². The molecule has 0 heterocycles. The highest BCUT2D eigenvalue weighted by atomic mass is 79.9. The van der Waals surface area contributed by atoms with E-state index in [2.05, 4.69) is 15.9 Å². The fourth-order valence-electron chi connectivity index (χ4n) is 1.33. The molecule has 1 rings (SSSR count). The van der Waals surface area contributed by atoms with Crippen molar-refractivity contribution in [3.63, 3.8) is 0 Å². The van der Waals surface area contributed by atoms with Gasteiger partial charge < -0.3 is 10.4 Å². The number of alkyl halides is 3. The second-order valence-electron chi connectivity index (χ2n) is 3.63. The smallest absolute Gasteiger partial charge is 0.369 e. The van der Waals surface area contributed by atoms with Gasteiger partial charge in [-0.3, -0.25) is 4.79 Å². The molecule has 1 amide bonds. The molecule has 7 heteroatoms. The standard InChI is InChI=1S/C11H11BrF3NO2/c1-6-3-4-7(5-8(6)12)10(18,9(17)16-2)11(13,14)15/h3-5,18H,1-2H3,(H,16,17)/i2D3. The quantitative estimate of drug-likeness (QED) is 0.874. The molecule has 1 aromatic carbocycles. The van der Waals surface area contributed by atoms with Crippen LogP contribution in [0, 0.1) is 6.92 Å². The minimum Gasteiger partial charge on any atom is -0.369 e. The van der Waals surface area contributed by atoms with Gasteiger partial charge in [0.2, 0.25) is 0 Å². The van der Waals surface area contributed by atoms with E-state index in [9.17, 15) is 23.1 Å². The van der Waals surface area contributed by atoms with Gasteiger partial charge in [-0.1, -0.05) is 28.1 Å². The zero-order valence-corrected chi connectivity index (χ0v) is 10.7. The molecule has 0 saturated carbocycles. The minimum absolute atomic E-state index is 0.240. The molecule has 3 nitrogen and oxygen atoms in total. The van der Waals surface area contributed by atoms with E-state index in [1.807, 2.05) is 0 Å². The molecule has 0 aliphatic rings. The van der Waals surface area contributed by atoms with Gasteiger partial charge in [0.25, 0.3) is 11.5 Å². The normalized spacial score (nSPS) is 18.2.